The lowest BCUT2D eigenvalue weighted by Gasteiger charge is -2.09. The average molecular weight is 376 g/mol. The van der Waals surface area contributed by atoms with Gasteiger partial charge in [-0.05, 0) is 48.2 Å². The fraction of sp³-hybridized carbons (Fsp3) is 0.471. The monoisotopic (exact) mass is 376 g/mol. The fourth-order valence-corrected chi connectivity index (χ4v) is 2.96. The quantitative estimate of drug-likeness (QED) is 0.719. The highest BCUT2D eigenvalue weighted by Crippen LogP contribution is 2.21. The molecular formula is C17H24N6O2S. The molecule has 0 saturated heterocycles. The van der Waals surface area contributed by atoms with Crippen molar-refractivity contribution in [2.45, 2.75) is 39.3 Å². The second kappa shape index (κ2) is 9.33. The molecule has 2 aromatic rings. The third-order valence-electron chi connectivity index (χ3n) is 3.61. The molecule has 3 amide bonds. The van der Waals surface area contributed by atoms with Crippen LogP contribution in [0.3, 0.4) is 0 Å². The number of carbonyl (C=O) groups excluding carboxylic acids is 2. The van der Waals surface area contributed by atoms with E-state index in [1.165, 1.54) is 11.8 Å². The first-order chi connectivity index (χ1) is 12.4. The van der Waals surface area contributed by atoms with Crippen molar-refractivity contribution in [1.82, 2.24) is 30.8 Å². The molecular weight excluding hydrogens is 352 g/mol. The average Bonchev–Trinajstić information content (AvgIpc) is 3.00. The van der Waals surface area contributed by atoms with Gasteiger partial charge in [-0.1, -0.05) is 43.3 Å². The third-order valence-corrected chi connectivity index (χ3v) is 4.53. The van der Waals surface area contributed by atoms with Crippen LogP contribution in [0.4, 0.5) is 4.79 Å². The molecule has 0 bridgehead atoms. The molecule has 9 heteroatoms. The maximum absolute atomic E-state index is 11.9. The summed E-state index contributed by atoms with van der Waals surface area (Å²) in [4.78, 5) is 23.6. The number of hydrogen-bond donors (Lipinski definition) is 2. The molecule has 0 aliphatic rings. The molecule has 1 aromatic heterocycles. The summed E-state index contributed by atoms with van der Waals surface area (Å²) in [5.74, 6) is 0.140. The number of nitrogens with one attached hydrogen (secondary N) is 2. The van der Waals surface area contributed by atoms with Crippen molar-refractivity contribution in [2.24, 2.45) is 5.92 Å². The van der Waals surface area contributed by atoms with Crippen LogP contribution in [-0.2, 0) is 4.79 Å². The molecule has 0 aliphatic heterocycles. The number of aryl methyl sites for hydroxylation is 2. The number of urea groups is 1. The van der Waals surface area contributed by atoms with Crippen LogP contribution in [0, 0.1) is 19.8 Å². The fourth-order valence-electron chi connectivity index (χ4n) is 2.27. The van der Waals surface area contributed by atoms with Gasteiger partial charge in [-0.2, -0.15) is 4.68 Å². The summed E-state index contributed by atoms with van der Waals surface area (Å²) in [5.41, 5.74) is 3.04. The van der Waals surface area contributed by atoms with E-state index in [4.69, 9.17) is 0 Å². The number of hydrogen-bond acceptors (Lipinski definition) is 6. The highest BCUT2D eigenvalue weighted by atomic mass is 32.2. The number of benzene rings is 1. The van der Waals surface area contributed by atoms with E-state index in [1.807, 2.05) is 32.0 Å². The Morgan fingerprint density at radius 2 is 2.04 bits per heavy atom. The summed E-state index contributed by atoms with van der Waals surface area (Å²) in [6, 6.07) is 5.48. The molecule has 2 rings (SSSR count). The van der Waals surface area contributed by atoms with Crippen LogP contribution in [0.5, 0.6) is 0 Å². The summed E-state index contributed by atoms with van der Waals surface area (Å²) >= 11 is 1.18. The zero-order valence-electron chi connectivity index (χ0n) is 15.4. The van der Waals surface area contributed by atoms with Gasteiger partial charge in [-0.15, -0.1) is 5.10 Å². The van der Waals surface area contributed by atoms with E-state index in [9.17, 15) is 9.59 Å². The lowest BCUT2D eigenvalue weighted by Crippen LogP contribution is -2.40. The van der Waals surface area contributed by atoms with E-state index < -0.39 is 11.9 Å². The Morgan fingerprint density at radius 1 is 1.27 bits per heavy atom. The standard InChI is InChI=1S/C17H24N6O2S/c1-11(2)7-8-18-16(25)19-15(24)10-26-17-20-21-22-23(17)14-6-5-12(3)9-13(14)4/h5-6,9,11H,7-8,10H2,1-4H3,(H2,18,19,24,25). The van der Waals surface area contributed by atoms with Gasteiger partial charge in [0.15, 0.2) is 0 Å². The van der Waals surface area contributed by atoms with Crippen LogP contribution in [0.1, 0.15) is 31.4 Å². The number of aromatic nitrogens is 4. The number of tetrazole rings is 1. The molecule has 8 nitrogen and oxygen atoms in total. The molecule has 0 spiro atoms. The summed E-state index contributed by atoms with van der Waals surface area (Å²) < 4.78 is 1.59. The Kier molecular flexibility index (Phi) is 7.14. The molecule has 0 radical (unpaired) electrons. The third kappa shape index (κ3) is 5.83. The van der Waals surface area contributed by atoms with Crippen molar-refractivity contribution in [3.05, 3.63) is 29.3 Å². The lowest BCUT2D eigenvalue weighted by molar-refractivity contribution is -0.117. The first kappa shape index (κ1) is 19.9. The van der Waals surface area contributed by atoms with E-state index in [-0.39, 0.29) is 5.75 Å². The first-order valence-corrected chi connectivity index (χ1v) is 9.42. The van der Waals surface area contributed by atoms with Gasteiger partial charge in [0.25, 0.3) is 0 Å². The summed E-state index contributed by atoms with van der Waals surface area (Å²) in [6.07, 6.45) is 0.862. The largest absolute Gasteiger partial charge is 0.338 e. The van der Waals surface area contributed by atoms with Gasteiger partial charge in [0, 0.05) is 6.54 Å². The van der Waals surface area contributed by atoms with Gasteiger partial charge in [0.2, 0.25) is 11.1 Å². The minimum absolute atomic E-state index is 0.0445. The van der Waals surface area contributed by atoms with Crippen molar-refractivity contribution in [1.29, 1.82) is 0 Å². The second-order valence-electron chi connectivity index (χ2n) is 6.44. The summed E-state index contributed by atoms with van der Waals surface area (Å²) in [7, 11) is 0. The molecule has 140 valence electrons. The van der Waals surface area contributed by atoms with Crippen LogP contribution in [0.25, 0.3) is 5.69 Å². The number of nitrogens with zero attached hydrogens (tertiary/aromatic N) is 4. The minimum atomic E-state index is -0.481. The predicted octanol–water partition coefficient (Wildman–Crippen LogP) is 2.24. The first-order valence-electron chi connectivity index (χ1n) is 8.43. The normalized spacial score (nSPS) is 10.8. The smallest absolute Gasteiger partial charge is 0.321 e. The Labute approximate surface area is 157 Å². The second-order valence-corrected chi connectivity index (χ2v) is 7.38. The van der Waals surface area contributed by atoms with E-state index in [2.05, 4.69) is 40.0 Å². The molecule has 0 unspecified atom stereocenters. The van der Waals surface area contributed by atoms with Crippen molar-refractivity contribution in [2.75, 3.05) is 12.3 Å². The van der Waals surface area contributed by atoms with Gasteiger partial charge >= 0.3 is 6.03 Å². The highest BCUT2D eigenvalue weighted by Gasteiger charge is 2.14. The van der Waals surface area contributed by atoms with E-state index >= 15 is 0 Å². The minimum Gasteiger partial charge on any atom is -0.338 e. The van der Waals surface area contributed by atoms with Crippen LogP contribution >= 0.6 is 11.8 Å². The zero-order valence-corrected chi connectivity index (χ0v) is 16.3. The van der Waals surface area contributed by atoms with Crippen LogP contribution in [0.15, 0.2) is 23.4 Å². The number of carbonyl (C=O) groups is 2. The molecule has 1 heterocycles. The maximum Gasteiger partial charge on any atom is 0.321 e. The number of amides is 3. The number of rotatable bonds is 7. The Hall–Kier alpha value is -2.42. The lowest BCUT2D eigenvalue weighted by atomic mass is 10.1. The molecule has 0 aliphatic carbocycles. The van der Waals surface area contributed by atoms with Crippen molar-refractivity contribution in [3.8, 4) is 5.69 Å². The van der Waals surface area contributed by atoms with Crippen molar-refractivity contribution in [3.63, 3.8) is 0 Å². The molecule has 2 N–H and O–H groups in total. The van der Waals surface area contributed by atoms with E-state index in [0.717, 1.165) is 23.2 Å². The molecule has 1 aromatic carbocycles. The number of thioether (sulfide) groups is 1. The van der Waals surface area contributed by atoms with Gasteiger partial charge in [0.05, 0.1) is 11.4 Å². The van der Waals surface area contributed by atoms with Crippen molar-refractivity contribution >= 4 is 23.7 Å². The van der Waals surface area contributed by atoms with Gasteiger partial charge in [-0.25, -0.2) is 4.79 Å². The zero-order chi connectivity index (χ0) is 19.1. The molecule has 0 saturated carbocycles. The Morgan fingerprint density at radius 3 is 2.73 bits per heavy atom. The van der Waals surface area contributed by atoms with Crippen LogP contribution in [-0.4, -0.2) is 44.4 Å². The van der Waals surface area contributed by atoms with Crippen molar-refractivity contribution < 1.29 is 9.59 Å². The topological polar surface area (TPSA) is 102 Å². The summed E-state index contributed by atoms with van der Waals surface area (Å²) in [5, 5.41) is 17.1. The van der Waals surface area contributed by atoms with Gasteiger partial charge < -0.3 is 5.32 Å². The Balaban J connectivity index is 1.89. The van der Waals surface area contributed by atoms with E-state index in [0.29, 0.717) is 17.6 Å². The number of imide groups is 1. The maximum atomic E-state index is 11.9. The highest BCUT2D eigenvalue weighted by molar-refractivity contribution is 7.99. The Bertz CT molecular complexity index is 774. The predicted molar refractivity (Wildman–Crippen MR) is 100 cm³/mol. The molecule has 26 heavy (non-hydrogen) atoms. The van der Waals surface area contributed by atoms with Gasteiger partial charge in [-0.3, -0.25) is 10.1 Å². The molecule has 0 atom stereocenters. The van der Waals surface area contributed by atoms with E-state index in [1.54, 1.807) is 4.68 Å². The molecule has 0 fully saturated rings. The van der Waals surface area contributed by atoms with Crippen LogP contribution < -0.4 is 10.6 Å². The van der Waals surface area contributed by atoms with Crippen LogP contribution in [0.2, 0.25) is 0 Å². The van der Waals surface area contributed by atoms with Gasteiger partial charge in [0.1, 0.15) is 0 Å². The SMILES string of the molecule is Cc1ccc(-n2nnnc2SCC(=O)NC(=O)NCCC(C)C)c(C)c1. The summed E-state index contributed by atoms with van der Waals surface area (Å²) in [6.45, 7) is 8.67.